The minimum absolute atomic E-state index is 0. The maximum absolute atomic E-state index is 4.82. The van der Waals surface area contributed by atoms with Crippen molar-refractivity contribution < 1.29 is 28.5 Å². The molecule has 2 heterocycles. The van der Waals surface area contributed by atoms with Gasteiger partial charge in [-0.3, -0.25) is 0 Å². The minimum Gasteiger partial charge on any atom is -1.00 e. The Morgan fingerprint density at radius 1 is 0.885 bits per heavy atom. The van der Waals surface area contributed by atoms with Crippen molar-refractivity contribution in [3.8, 4) is 0 Å². The van der Waals surface area contributed by atoms with E-state index < -0.39 is 0 Å². The number of hydrogen-bond acceptors (Lipinski definition) is 1. The van der Waals surface area contributed by atoms with Crippen LogP contribution in [0.15, 0.2) is 79.0 Å². The van der Waals surface area contributed by atoms with Gasteiger partial charge in [-0.2, -0.15) is 0 Å². The third-order valence-corrected chi connectivity index (χ3v) is 4.37. The lowest BCUT2D eigenvalue weighted by molar-refractivity contribution is -0.673. The maximum atomic E-state index is 4.82. The van der Waals surface area contributed by atoms with Gasteiger partial charge < -0.3 is 28.5 Å². The summed E-state index contributed by atoms with van der Waals surface area (Å²) in [6.07, 6.45) is 6.26. The molecule has 0 radical (unpaired) electrons. The molecule has 26 heavy (non-hydrogen) atoms. The van der Waals surface area contributed by atoms with Crippen molar-refractivity contribution in [2.75, 3.05) is 0 Å². The van der Waals surface area contributed by atoms with Crippen LogP contribution in [0.5, 0.6) is 0 Å². The van der Waals surface area contributed by atoms with E-state index in [1.54, 1.807) is 0 Å². The van der Waals surface area contributed by atoms with Crippen LogP contribution in [0, 0.1) is 0 Å². The van der Waals surface area contributed by atoms with Crippen LogP contribution in [0.1, 0.15) is 17.1 Å². The zero-order valence-electron chi connectivity index (χ0n) is 14.6. The molecule has 0 fully saturated rings. The first kappa shape index (κ1) is 18.3. The molecule has 2 aromatic carbocycles. The molecular formula is C22H20IN3. The lowest BCUT2D eigenvalue weighted by Crippen LogP contribution is -3.00. The van der Waals surface area contributed by atoms with Crippen molar-refractivity contribution in [3.63, 3.8) is 0 Å². The van der Waals surface area contributed by atoms with E-state index in [0.29, 0.717) is 0 Å². The normalized spacial score (nSPS) is 11.0. The lowest BCUT2D eigenvalue weighted by atomic mass is 10.2. The number of fused-ring (bicyclic) bond motifs is 1. The van der Waals surface area contributed by atoms with Gasteiger partial charge >= 0.3 is 0 Å². The van der Waals surface area contributed by atoms with Crippen molar-refractivity contribution in [3.05, 3.63) is 96.1 Å². The fraction of sp³-hybridized carbons (Fsp3) is 0.0909. The van der Waals surface area contributed by atoms with Crippen LogP contribution in [-0.4, -0.2) is 9.55 Å². The van der Waals surface area contributed by atoms with Crippen molar-refractivity contribution >= 4 is 23.2 Å². The van der Waals surface area contributed by atoms with E-state index in [0.717, 1.165) is 29.1 Å². The number of nitrogens with zero attached hydrogens (tertiary/aromatic N) is 3. The summed E-state index contributed by atoms with van der Waals surface area (Å²) in [4.78, 5) is 4.82. The van der Waals surface area contributed by atoms with Crippen molar-refractivity contribution in [2.24, 2.45) is 7.05 Å². The average Bonchev–Trinajstić information content (AvgIpc) is 3.00. The third-order valence-electron chi connectivity index (χ3n) is 4.37. The standard InChI is InChI=1S/C22H20N3.HI/c1-24-16-8-7-11-19(24)14-15-22-23-20-12-5-6-13-21(20)25(22)17-18-9-3-2-4-10-18;/h2-16H,17H2,1H3;1H/q+1;/p-1. The predicted octanol–water partition coefficient (Wildman–Crippen LogP) is 1.08. The molecule has 2 aromatic heterocycles. The molecule has 4 heteroatoms. The number of pyridine rings is 1. The summed E-state index contributed by atoms with van der Waals surface area (Å²) in [5.41, 5.74) is 4.59. The van der Waals surface area contributed by atoms with Gasteiger partial charge in [-0.1, -0.05) is 42.5 Å². The molecule has 0 atom stereocenters. The number of imidazole rings is 1. The van der Waals surface area contributed by atoms with Gasteiger partial charge in [0.15, 0.2) is 6.20 Å². The van der Waals surface area contributed by atoms with Crippen LogP contribution in [0.25, 0.3) is 23.2 Å². The molecule has 3 nitrogen and oxygen atoms in total. The van der Waals surface area contributed by atoms with Crippen molar-refractivity contribution in [2.45, 2.75) is 6.54 Å². The number of benzene rings is 2. The van der Waals surface area contributed by atoms with Gasteiger partial charge in [0.25, 0.3) is 0 Å². The van der Waals surface area contributed by atoms with Crippen molar-refractivity contribution in [1.29, 1.82) is 0 Å². The maximum Gasteiger partial charge on any atom is 0.205 e. The van der Waals surface area contributed by atoms with Crippen molar-refractivity contribution in [1.82, 2.24) is 9.55 Å². The van der Waals surface area contributed by atoms with Gasteiger partial charge in [-0.15, -0.1) is 0 Å². The summed E-state index contributed by atoms with van der Waals surface area (Å²) in [5, 5.41) is 0. The third kappa shape index (κ3) is 3.85. The molecule has 4 aromatic rings. The molecule has 0 aliphatic carbocycles. The van der Waals surface area contributed by atoms with Crippen LogP contribution in [0.2, 0.25) is 0 Å². The Morgan fingerprint density at radius 3 is 2.42 bits per heavy atom. The average molecular weight is 453 g/mol. The Balaban J connectivity index is 0.00000196. The second-order valence-corrected chi connectivity index (χ2v) is 6.10. The van der Waals surface area contributed by atoms with Crippen LogP contribution in [0.3, 0.4) is 0 Å². The Labute approximate surface area is 170 Å². The summed E-state index contributed by atoms with van der Waals surface area (Å²) in [5.74, 6) is 0.967. The Hall–Kier alpha value is -2.47. The molecule has 130 valence electrons. The Morgan fingerprint density at radius 2 is 1.62 bits per heavy atom. The lowest BCUT2D eigenvalue weighted by Gasteiger charge is -2.07. The number of para-hydroxylation sites is 2. The van der Waals surface area contributed by atoms with E-state index in [1.807, 2.05) is 37.5 Å². The topological polar surface area (TPSA) is 21.7 Å². The molecule has 0 aliphatic heterocycles. The number of hydrogen-bond donors (Lipinski definition) is 0. The summed E-state index contributed by atoms with van der Waals surface area (Å²) in [6, 6.07) is 25.0. The zero-order chi connectivity index (χ0) is 17.1. The first-order valence-corrected chi connectivity index (χ1v) is 8.43. The van der Waals surface area contributed by atoms with Gasteiger partial charge in [0, 0.05) is 24.8 Å². The molecule has 0 N–H and O–H groups in total. The molecule has 4 rings (SSSR count). The highest BCUT2D eigenvalue weighted by Crippen LogP contribution is 2.19. The smallest absolute Gasteiger partial charge is 0.205 e. The molecular weight excluding hydrogens is 433 g/mol. The molecule has 0 amide bonds. The fourth-order valence-corrected chi connectivity index (χ4v) is 3.02. The van der Waals surface area contributed by atoms with E-state index in [1.165, 1.54) is 5.56 Å². The highest BCUT2D eigenvalue weighted by atomic mass is 127. The van der Waals surface area contributed by atoms with Crippen LogP contribution >= 0.6 is 0 Å². The zero-order valence-corrected chi connectivity index (χ0v) is 16.7. The summed E-state index contributed by atoms with van der Waals surface area (Å²) in [7, 11) is 2.05. The van der Waals surface area contributed by atoms with Gasteiger partial charge in [-0.05, 0) is 29.8 Å². The first-order chi connectivity index (χ1) is 12.3. The van der Waals surface area contributed by atoms with Gasteiger partial charge in [0.05, 0.1) is 11.0 Å². The SMILES string of the molecule is C[n+]1ccccc1/C=C/c1nc2ccccc2n1Cc1ccccc1.[I-]. The molecule has 0 spiro atoms. The van der Waals surface area contributed by atoms with Gasteiger partial charge in [-0.25, -0.2) is 9.55 Å². The van der Waals surface area contributed by atoms with Crippen LogP contribution in [0.4, 0.5) is 0 Å². The Bertz CT molecular complexity index is 1040. The second kappa shape index (κ2) is 8.27. The molecule has 0 saturated heterocycles. The molecule has 0 bridgehead atoms. The second-order valence-electron chi connectivity index (χ2n) is 6.10. The van der Waals surface area contributed by atoms with E-state index in [9.17, 15) is 0 Å². The van der Waals surface area contributed by atoms with Gasteiger partial charge in [0.1, 0.15) is 12.9 Å². The molecule has 0 aliphatic rings. The van der Waals surface area contributed by atoms with E-state index in [2.05, 4.69) is 69.8 Å². The predicted molar refractivity (Wildman–Crippen MR) is 102 cm³/mol. The summed E-state index contributed by atoms with van der Waals surface area (Å²) < 4.78 is 4.37. The highest BCUT2D eigenvalue weighted by Gasteiger charge is 2.09. The monoisotopic (exact) mass is 453 g/mol. The number of rotatable bonds is 4. The fourth-order valence-electron chi connectivity index (χ4n) is 3.02. The summed E-state index contributed by atoms with van der Waals surface area (Å²) in [6.45, 7) is 0.807. The molecule has 0 saturated carbocycles. The minimum atomic E-state index is 0. The Kier molecular flexibility index (Phi) is 5.83. The van der Waals surface area contributed by atoms with E-state index >= 15 is 0 Å². The highest BCUT2D eigenvalue weighted by molar-refractivity contribution is 5.79. The van der Waals surface area contributed by atoms with Crippen LogP contribution in [-0.2, 0) is 13.6 Å². The number of aryl methyl sites for hydroxylation is 1. The van der Waals surface area contributed by atoms with Crippen LogP contribution < -0.4 is 28.5 Å². The number of aromatic nitrogens is 3. The molecule has 0 unspecified atom stereocenters. The van der Waals surface area contributed by atoms with E-state index in [4.69, 9.17) is 4.98 Å². The quantitative estimate of drug-likeness (QED) is 0.335. The van der Waals surface area contributed by atoms with E-state index in [-0.39, 0.29) is 24.0 Å². The van der Waals surface area contributed by atoms with Gasteiger partial charge in [0.2, 0.25) is 5.69 Å². The number of halogens is 1. The largest absolute Gasteiger partial charge is 1.00 e. The first-order valence-electron chi connectivity index (χ1n) is 8.43. The summed E-state index contributed by atoms with van der Waals surface area (Å²) >= 11 is 0.